The lowest BCUT2D eigenvalue weighted by Crippen LogP contribution is -2.14. The number of hydrogen-bond donors (Lipinski definition) is 0. The van der Waals surface area contributed by atoms with Crippen LogP contribution in [0, 0.1) is 17.0 Å². The first kappa shape index (κ1) is 16.6. The Morgan fingerprint density at radius 1 is 1.22 bits per heavy atom. The summed E-state index contributed by atoms with van der Waals surface area (Å²) in [7, 11) is 0. The largest absolute Gasteiger partial charge is 0.349 e. The van der Waals surface area contributed by atoms with Gasteiger partial charge in [-0.15, -0.1) is 0 Å². The topological polar surface area (TPSA) is 78.7 Å². The minimum Gasteiger partial charge on any atom is -0.297 e. The van der Waals surface area contributed by atoms with Crippen LogP contribution in [-0.2, 0) is 21.2 Å². The highest BCUT2D eigenvalue weighted by molar-refractivity contribution is 5.77. The first-order chi connectivity index (χ1) is 11.0. The summed E-state index contributed by atoms with van der Waals surface area (Å²) in [6.07, 6.45) is 0. The van der Waals surface area contributed by atoms with Gasteiger partial charge in [0, 0.05) is 11.6 Å². The van der Waals surface area contributed by atoms with Gasteiger partial charge in [0.15, 0.2) is 0 Å². The molecular weight excluding hydrogens is 298 g/mol. The van der Waals surface area contributed by atoms with Gasteiger partial charge >= 0.3 is 5.97 Å². The van der Waals surface area contributed by atoms with Crippen LogP contribution >= 0.6 is 0 Å². The van der Waals surface area contributed by atoms with Crippen LogP contribution in [0.5, 0.6) is 0 Å². The molecular formula is C17H17NO5. The molecule has 2 rings (SSSR count). The molecule has 0 fully saturated rings. The van der Waals surface area contributed by atoms with Crippen molar-refractivity contribution in [2.75, 3.05) is 0 Å². The third-order valence-electron chi connectivity index (χ3n) is 3.49. The fourth-order valence-corrected chi connectivity index (χ4v) is 2.03. The number of nitro groups is 1. The van der Waals surface area contributed by atoms with E-state index in [1.165, 1.54) is 6.07 Å². The summed E-state index contributed by atoms with van der Waals surface area (Å²) >= 11 is 0. The smallest absolute Gasteiger partial charge is 0.297 e. The summed E-state index contributed by atoms with van der Waals surface area (Å²) in [4.78, 5) is 32.2. The van der Waals surface area contributed by atoms with Gasteiger partial charge in [-0.25, -0.2) is 4.79 Å². The minimum atomic E-state index is -0.662. The van der Waals surface area contributed by atoms with Gasteiger partial charge in [0.1, 0.15) is 6.61 Å². The molecule has 0 saturated heterocycles. The van der Waals surface area contributed by atoms with E-state index in [1.807, 2.05) is 30.3 Å². The monoisotopic (exact) mass is 315 g/mol. The van der Waals surface area contributed by atoms with Crippen molar-refractivity contribution in [2.45, 2.75) is 26.4 Å². The predicted octanol–water partition coefficient (Wildman–Crippen LogP) is 3.68. The van der Waals surface area contributed by atoms with Gasteiger partial charge in [-0.3, -0.25) is 15.0 Å². The number of carbonyl (C=O) groups excluding carboxylic acids is 1. The van der Waals surface area contributed by atoms with Gasteiger partial charge in [0.2, 0.25) is 0 Å². The molecule has 0 aliphatic heterocycles. The number of nitrogens with zero attached hydrogens (tertiary/aromatic N) is 1. The molecule has 2 aromatic carbocycles. The van der Waals surface area contributed by atoms with E-state index in [9.17, 15) is 14.9 Å². The quantitative estimate of drug-likeness (QED) is 0.461. The van der Waals surface area contributed by atoms with E-state index in [0.717, 1.165) is 5.56 Å². The van der Waals surface area contributed by atoms with Gasteiger partial charge in [-0.05, 0) is 25.0 Å². The zero-order valence-electron chi connectivity index (χ0n) is 12.9. The number of nitro benzene ring substituents is 1. The summed E-state index contributed by atoms with van der Waals surface area (Å²) in [5.74, 6) is -1.26. The summed E-state index contributed by atoms with van der Waals surface area (Å²) in [6.45, 7) is 3.41. The molecule has 0 spiro atoms. The Morgan fingerprint density at radius 2 is 1.91 bits per heavy atom. The standard InChI is InChI=1S/C17H17NO5/c1-12-8-9-15(10-16(12)18(20)21)13(2)17(19)23-22-11-14-6-4-3-5-7-14/h3-10,13H,11H2,1-2H3. The maximum atomic E-state index is 12.0. The summed E-state index contributed by atoms with van der Waals surface area (Å²) in [5.41, 5.74) is 1.90. The molecule has 0 radical (unpaired) electrons. The predicted molar refractivity (Wildman–Crippen MR) is 83.6 cm³/mol. The molecule has 0 aromatic heterocycles. The Bertz CT molecular complexity index is 699. The molecule has 2 aromatic rings. The Morgan fingerprint density at radius 3 is 2.57 bits per heavy atom. The van der Waals surface area contributed by atoms with Crippen LogP contribution in [-0.4, -0.2) is 10.9 Å². The van der Waals surface area contributed by atoms with Crippen molar-refractivity contribution in [3.05, 3.63) is 75.3 Å². The van der Waals surface area contributed by atoms with E-state index in [0.29, 0.717) is 11.1 Å². The molecule has 1 atom stereocenters. The summed E-state index contributed by atoms with van der Waals surface area (Å²) < 4.78 is 0. The van der Waals surface area contributed by atoms with Crippen molar-refractivity contribution in [1.29, 1.82) is 0 Å². The van der Waals surface area contributed by atoms with E-state index < -0.39 is 16.8 Å². The molecule has 0 bridgehead atoms. The lowest BCUT2D eigenvalue weighted by molar-refractivity contribution is -0.385. The number of carbonyl (C=O) groups is 1. The van der Waals surface area contributed by atoms with Gasteiger partial charge in [0.25, 0.3) is 5.69 Å². The lowest BCUT2D eigenvalue weighted by atomic mass is 9.99. The molecule has 0 saturated carbocycles. The molecule has 0 N–H and O–H groups in total. The van der Waals surface area contributed by atoms with Gasteiger partial charge in [-0.1, -0.05) is 42.5 Å². The zero-order chi connectivity index (χ0) is 16.8. The van der Waals surface area contributed by atoms with Crippen LogP contribution in [0.2, 0.25) is 0 Å². The lowest BCUT2D eigenvalue weighted by Gasteiger charge is -2.11. The maximum Gasteiger partial charge on any atom is 0.349 e. The molecule has 0 heterocycles. The molecule has 6 nitrogen and oxygen atoms in total. The SMILES string of the molecule is Cc1ccc(C(C)C(=O)OOCc2ccccc2)cc1[N+](=O)[O-]. The van der Waals surface area contributed by atoms with Crippen LogP contribution in [0.3, 0.4) is 0 Å². The van der Waals surface area contributed by atoms with Crippen molar-refractivity contribution in [1.82, 2.24) is 0 Å². The van der Waals surface area contributed by atoms with Crippen LogP contribution in [0.1, 0.15) is 29.5 Å². The van der Waals surface area contributed by atoms with Crippen LogP contribution < -0.4 is 0 Å². The Kier molecular flexibility index (Phi) is 5.43. The second-order valence-corrected chi connectivity index (χ2v) is 5.17. The molecule has 6 heteroatoms. The van der Waals surface area contributed by atoms with Crippen molar-refractivity contribution in [3.63, 3.8) is 0 Å². The number of hydrogen-bond acceptors (Lipinski definition) is 5. The number of rotatable bonds is 6. The van der Waals surface area contributed by atoms with Gasteiger partial charge in [-0.2, -0.15) is 4.89 Å². The fraction of sp³-hybridized carbons (Fsp3) is 0.235. The van der Waals surface area contributed by atoms with Crippen LogP contribution in [0.15, 0.2) is 48.5 Å². The van der Waals surface area contributed by atoms with E-state index in [-0.39, 0.29) is 12.3 Å². The first-order valence-electron chi connectivity index (χ1n) is 7.11. The third-order valence-corrected chi connectivity index (χ3v) is 3.49. The Labute approximate surface area is 133 Å². The van der Waals surface area contributed by atoms with Gasteiger partial charge in [0.05, 0.1) is 10.8 Å². The van der Waals surface area contributed by atoms with E-state index in [2.05, 4.69) is 0 Å². The molecule has 23 heavy (non-hydrogen) atoms. The van der Waals surface area contributed by atoms with E-state index >= 15 is 0 Å². The third kappa shape index (κ3) is 4.37. The average Bonchev–Trinajstić information content (AvgIpc) is 2.55. The summed E-state index contributed by atoms with van der Waals surface area (Å²) in [5, 5.41) is 11.0. The van der Waals surface area contributed by atoms with Crippen molar-refractivity contribution >= 4 is 11.7 Å². The highest BCUT2D eigenvalue weighted by Gasteiger charge is 2.21. The first-order valence-corrected chi connectivity index (χ1v) is 7.11. The van der Waals surface area contributed by atoms with E-state index in [4.69, 9.17) is 9.78 Å². The molecule has 0 aliphatic rings. The Balaban J connectivity index is 1.97. The molecule has 0 amide bonds. The normalized spacial score (nSPS) is 11.7. The van der Waals surface area contributed by atoms with Crippen LogP contribution in [0.4, 0.5) is 5.69 Å². The van der Waals surface area contributed by atoms with Crippen molar-refractivity contribution in [3.8, 4) is 0 Å². The highest BCUT2D eigenvalue weighted by Crippen LogP contribution is 2.25. The number of benzene rings is 2. The minimum absolute atomic E-state index is 0.0210. The summed E-state index contributed by atoms with van der Waals surface area (Å²) in [6, 6.07) is 14.0. The van der Waals surface area contributed by atoms with Crippen molar-refractivity contribution in [2.24, 2.45) is 0 Å². The maximum absolute atomic E-state index is 12.0. The average molecular weight is 315 g/mol. The Hall–Kier alpha value is -2.73. The second-order valence-electron chi connectivity index (χ2n) is 5.17. The van der Waals surface area contributed by atoms with Crippen LogP contribution in [0.25, 0.3) is 0 Å². The molecule has 0 aliphatic carbocycles. The van der Waals surface area contributed by atoms with Crippen molar-refractivity contribution < 1.29 is 19.5 Å². The molecule has 120 valence electrons. The zero-order valence-corrected chi connectivity index (χ0v) is 12.9. The molecule has 1 unspecified atom stereocenters. The van der Waals surface area contributed by atoms with E-state index in [1.54, 1.807) is 26.0 Å². The second kappa shape index (κ2) is 7.51. The van der Waals surface area contributed by atoms with Gasteiger partial charge < -0.3 is 0 Å². The number of aryl methyl sites for hydroxylation is 1. The highest BCUT2D eigenvalue weighted by atomic mass is 17.2. The fourth-order valence-electron chi connectivity index (χ4n) is 2.03.